The number of amides is 1. The van der Waals surface area contributed by atoms with Crippen molar-refractivity contribution in [2.45, 2.75) is 45.4 Å². The molecule has 0 unspecified atom stereocenters. The first kappa shape index (κ1) is 15.4. The summed E-state index contributed by atoms with van der Waals surface area (Å²) in [5.74, 6) is 2.84. The molecule has 0 aliphatic heterocycles. The third-order valence-corrected chi connectivity index (χ3v) is 6.92. The number of carbonyl (C=O) groups excluding carboxylic acids is 1. The Labute approximate surface area is 149 Å². The molecule has 6 rings (SSSR count). The zero-order valence-corrected chi connectivity index (χ0v) is 15.2. The van der Waals surface area contributed by atoms with E-state index in [0.29, 0.717) is 11.1 Å². The molecule has 0 radical (unpaired) electrons. The highest BCUT2D eigenvalue weighted by Crippen LogP contribution is 2.60. The lowest BCUT2D eigenvalue weighted by Gasteiger charge is -2.57. The topological polar surface area (TPSA) is 37.6 Å². The van der Waals surface area contributed by atoms with Gasteiger partial charge < -0.3 is 9.30 Å². The van der Waals surface area contributed by atoms with Crippen molar-refractivity contribution in [1.29, 1.82) is 0 Å². The van der Waals surface area contributed by atoms with E-state index in [1.165, 1.54) is 44.1 Å². The zero-order chi connectivity index (χ0) is 17.2. The van der Waals surface area contributed by atoms with Crippen molar-refractivity contribution in [2.75, 3.05) is 13.6 Å². The summed E-state index contributed by atoms with van der Waals surface area (Å²) in [6.45, 7) is 2.96. The van der Waals surface area contributed by atoms with Crippen molar-refractivity contribution in [3.8, 4) is 0 Å². The molecule has 4 nitrogen and oxygen atoms in total. The van der Waals surface area contributed by atoms with Gasteiger partial charge in [-0.3, -0.25) is 4.79 Å². The van der Waals surface area contributed by atoms with Crippen molar-refractivity contribution in [3.63, 3.8) is 0 Å². The molecule has 4 aliphatic rings. The van der Waals surface area contributed by atoms with E-state index in [1.54, 1.807) is 0 Å². The lowest BCUT2D eigenvalue weighted by molar-refractivity contribution is -0.0629. The van der Waals surface area contributed by atoms with E-state index in [2.05, 4.69) is 11.9 Å². The predicted molar refractivity (Wildman–Crippen MR) is 97.5 cm³/mol. The molecule has 2 heterocycles. The van der Waals surface area contributed by atoms with E-state index in [0.717, 1.165) is 29.9 Å². The second-order valence-electron chi connectivity index (χ2n) is 9.17. The van der Waals surface area contributed by atoms with Crippen LogP contribution in [0.5, 0.6) is 0 Å². The maximum Gasteiger partial charge on any atom is 0.273 e. The summed E-state index contributed by atoms with van der Waals surface area (Å²) in [5.41, 5.74) is 2.97. The molecule has 4 saturated carbocycles. The van der Waals surface area contributed by atoms with Gasteiger partial charge in [0, 0.05) is 26.0 Å². The summed E-state index contributed by atoms with van der Waals surface area (Å²) >= 11 is 0. The van der Waals surface area contributed by atoms with Crippen molar-refractivity contribution >= 4 is 11.6 Å². The number of rotatable bonds is 3. The molecule has 25 heavy (non-hydrogen) atoms. The van der Waals surface area contributed by atoms with Gasteiger partial charge in [0.15, 0.2) is 0 Å². The summed E-state index contributed by atoms with van der Waals surface area (Å²) in [4.78, 5) is 19.5. The smallest absolute Gasteiger partial charge is 0.273 e. The third-order valence-electron chi connectivity index (χ3n) is 6.92. The van der Waals surface area contributed by atoms with Crippen LogP contribution >= 0.6 is 0 Å². The molecular weight excluding hydrogens is 310 g/mol. The monoisotopic (exact) mass is 337 g/mol. The molecular formula is C21H27N3O. The fourth-order valence-corrected chi connectivity index (χ4v) is 6.44. The van der Waals surface area contributed by atoms with Gasteiger partial charge in [-0.15, -0.1) is 0 Å². The molecule has 0 saturated heterocycles. The highest BCUT2D eigenvalue weighted by atomic mass is 16.2. The fourth-order valence-electron chi connectivity index (χ4n) is 6.44. The normalized spacial score (nSPS) is 33.1. The summed E-state index contributed by atoms with van der Waals surface area (Å²) < 4.78 is 1.94. The number of fused-ring (bicyclic) bond motifs is 1. The Balaban J connectivity index is 1.36. The average molecular weight is 337 g/mol. The standard InChI is InChI=1S/C21H27N3O/c1-14-3-4-24-12-18(22-19(24)5-14)20(25)23(2)13-21-9-15-6-16(10-21)8-17(7-15)11-21/h3-5,12,15-17H,6-11,13H2,1-2H3. The van der Waals surface area contributed by atoms with Crippen LogP contribution in [0.1, 0.15) is 54.6 Å². The van der Waals surface area contributed by atoms with Crippen molar-refractivity contribution in [2.24, 2.45) is 23.2 Å². The van der Waals surface area contributed by atoms with E-state index < -0.39 is 0 Å². The molecule has 0 spiro atoms. The van der Waals surface area contributed by atoms with Gasteiger partial charge in [-0.2, -0.15) is 0 Å². The van der Waals surface area contributed by atoms with Crippen LogP contribution in [-0.2, 0) is 0 Å². The van der Waals surface area contributed by atoms with E-state index in [9.17, 15) is 4.79 Å². The van der Waals surface area contributed by atoms with Gasteiger partial charge in [0.05, 0.1) is 0 Å². The van der Waals surface area contributed by atoms with E-state index in [1.807, 2.05) is 40.9 Å². The van der Waals surface area contributed by atoms with Crippen molar-refractivity contribution < 1.29 is 4.79 Å². The van der Waals surface area contributed by atoms with Crippen LogP contribution in [0.25, 0.3) is 5.65 Å². The van der Waals surface area contributed by atoms with Crippen molar-refractivity contribution in [3.05, 3.63) is 35.8 Å². The van der Waals surface area contributed by atoms with Crippen LogP contribution in [0.4, 0.5) is 0 Å². The second kappa shape index (κ2) is 5.33. The van der Waals surface area contributed by atoms with Gasteiger partial charge in [-0.05, 0) is 86.3 Å². The summed E-state index contributed by atoms with van der Waals surface area (Å²) in [5, 5.41) is 0. The first-order valence-corrected chi connectivity index (χ1v) is 9.70. The lowest BCUT2D eigenvalue weighted by Crippen LogP contribution is -2.51. The number of imidazole rings is 1. The molecule has 2 aromatic rings. The van der Waals surface area contributed by atoms with Gasteiger partial charge in [0.2, 0.25) is 0 Å². The predicted octanol–water partition coefficient (Wildman–Crippen LogP) is 3.93. The molecule has 2 aromatic heterocycles. The largest absolute Gasteiger partial charge is 0.340 e. The molecule has 4 bridgehead atoms. The minimum Gasteiger partial charge on any atom is -0.340 e. The Morgan fingerprint density at radius 3 is 2.52 bits per heavy atom. The van der Waals surface area contributed by atoms with Crippen LogP contribution in [0.15, 0.2) is 24.5 Å². The first-order valence-electron chi connectivity index (χ1n) is 9.70. The third kappa shape index (κ3) is 2.57. The van der Waals surface area contributed by atoms with Crippen LogP contribution in [0.2, 0.25) is 0 Å². The number of aryl methyl sites for hydroxylation is 1. The number of pyridine rings is 1. The number of carbonyl (C=O) groups is 1. The average Bonchev–Trinajstić information content (AvgIpc) is 2.95. The summed E-state index contributed by atoms with van der Waals surface area (Å²) in [7, 11) is 1.97. The fraction of sp³-hybridized carbons (Fsp3) is 0.619. The van der Waals surface area contributed by atoms with Crippen LogP contribution in [0, 0.1) is 30.1 Å². The second-order valence-corrected chi connectivity index (χ2v) is 9.17. The number of hydrogen-bond donors (Lipinski definition) is 0. The SMILES string of the molecule is Cc1ccn2cc(C(=O)N(C)CC34CC5CC(CC(C5)C3)C4)nc2c1. The summed E-state index contributed by atoms with van der Waals surface area (Å²) in [6.07, 6.45) is 12.2. The molecule has 4 aliphatic carbocycles. The lowest BCUT2D eigenvalue weighted by atomic mass is 9.49. The van der Waals surface area contributed by atoms with Crippen LogP contribution < -0.4 is 0 Å². The molecule has 132 valence electrons. The van der Waals surface area contributed by atoms with Gasteiger partial charge >= 0.3 is 0 Å². The van der Waals surface area contributed by atoms with E-state index >= 15 is 0 Å². The van der Waals surface area contributed by atoms with Gasteiger partial charge in [0.25, 0.3) is 5.91 Å². The maximum absolute atomic E-state index is 13.0. The minimum absolute atomic E-state index is 0.0668. The Morgan fingerprint density at radius 1 is 1.24 bits per heavy atom. The molecule has 0 aromatic carbocycles. The number of hydrogen-bond acceptors (Lipinski definition) is 2. The molecule has 4 heteroatoms. The van der Waals surface area contributed by atoms with Gasteiger partial charge in [-0.1, -0.05) is 0 Å². The Kier molecular flexibility index (Phi) is 3.28. The Bertz CT molecular complexity index is 801. The van der Waals surface area contributed by atoms with Crippen LogP contribution in [-0.4, -0.2) is 33.8 Å². The van der Waals surface area contributed by atoms with E-state index in [4.69, 9.17) is 0 Å². The summed E-state index contributed by atoms with van der Waals surface area (Å²) in [6, 6.07) is 4.07. The van der Waals surface area contributed by atoms with Gasteiger partial charge in [0.1, 0.15) is 11.3 Å². The molecule has 1 amide bonds. The quantitative estimate of drug-likeness (QED) is 0.851. The highest BCUT2D eigenvalue weighted by molar-refractivity contribution is 5.92. The molecule has 0 atom stereocenters. The van der Waals surface area contributed by atoms with E-state index in [-0.39, 0.29) is 5.91 Å². The van der Waals surface area contributed by atoms with Gasteiger partial charge in [-0.25, -0.2) is 4.98 Å². The Hall–Kier alpha value is -1.84. The first-order chi connectivity index (χ1) is 12.0. The maximum atomic E-state index is 13.0. The van der Waals surface area contributed by atoms with Crippen LogP contribution in [0.3, 0.4) is 0 Å². The Morgan fingerprint density at radius 2 is 1.88 bits per heavy atom. The highest BCUT2D eigenvalue weighted by Gasteiger charge is 2.51. The molecule has 0 N–H and O–H groups in total. The molecule has 4 fully saturated rings. The number of aromatic nitrogens is 2. The van der Waals surface area contributed by atoms with Crippen molar-refractivity contribution in [1.82, 2.24) is 14.3 Å². The number of nitrogens with zero attached hydrogens (tertiary/aromatic N) is 3. The minimum atomic E-state index is 0.0668. The zero-order valence-electron chi connectivity index (χ0n) is 15.2.